The minimum atomic E-state index is -3.38. The van der Waals surface area contributed by atoms with E-state index in [-0.39, 0.29) is 50.4 Å². The van der Waals surface area contributed by atoms with Crippen molar-refractivity contribution in [3.05, 3.63) is 81.7 Å². The lowest BCUT2D eigenvalue weighted by Crippen LogP contribution is -2.30. The maximum atomic E-state index is 14.2. The van der Waals surface area contributed by atoms with Gasteiger partial charge in [0.05, 0.1) is 28.2 Å². The van der Waals surface area contributed by atoms with E-state index in [0.717, 1.165) is 12.1 Å². The number of sulfone groups is 1. The lowest BCUT2D eigenvalue weighted by molar-refractivity contribution is -0.114. The normalized spacial score (nSPS) is 14.1. The van der Waals surface area contributed by atoms with Crippen LogP contribution in [0.4, 0.5) is 20.3 Å². The third kappa shape index (κ3) is 5.77. The maximum absolute atomic E-state index is 14.2. The van der Waals surface area contributed by atoms with E-state index >= 15 is 0 Å². The number of aromatic nitrogens is 3. The molecule has 0 radical (unpaired) electrons. The Bertz CT molecular complexity index is 1720. The van der Waals surface area contributed by atoms with Crippen LogP contribution in [0.25, 0.3) is 11.5 Å². The summed E-state index contributed by atoms with van der Waals surface area (Å²) in [5.74, 6) is -1.39. The summed E-state index contributed by atoms with van der Waals surface area (Å²) in [4.78, 5) is 22.9. The van der Waals surface area contributed by atoms with E-state index in [1.807, 2.05) is 0 Å². The Morgan fingerprint density at radius 3 is 2.41 bits per heavy atom. The average molecular weight is 622 g/mol. The molecule has 2 aromatic carbocycles. The van der Waals surface area contributed by atoms with E-state index in [2.05, 4.69) is 20.4 Å². The largest absolute Gasteiger partial charge is 0.350 e. The van der Waals surface area contributed by atoms with Gasteiger partial charge in [-0.3, -0.25) is 4.79 Å². The van der Waals surface area contributed by atoms with Crippen LogP contribution in [0, 0.1) is 11.6 Å². The number of carbonyl (C=O) groups excluding carboxylic acids is 1. The van der Waals surface area contributed by atoms with Crippen molar-refractivity contribution in [1.29, 1.82) is 0 Å². The topological polar surface area (TPSA) is 118 Å². The molecule has 41 heavy (non-hydrogen) atoms. The van der Waals surface area contributed by atoms with Crippen molar-refractivity contribution >= 4 is 50.5 Å². The van der Waals surface area contributed by atoms with Crippen molar-refractivity contribution in [2.24, 2.45) is 0 Å². The summed E-state index contributed by atoms with van der Waals surface area (Å²) in [7, 11) is -1.74. The van der Waals surface area contributed by atoms with Gasteiger partial charge in [-0.05, 0) is 49.2 Å². The average Bonchev–Trinajstić information content (AvgIpc) is 3.55. The SMILES string of the molecule is CCS(=O)(=O)c1ccc(N(C)CC(=O)Nc2cc(Cl)c(C3(c4noc(-c5ccc(F)cc5F)n4)CC3)c(Cl)c2)nc1. The smallest absolute Gasteiger partial charge is 0.260 e. The molecule has 0 unspecified atom stereocenters. The molecule has 0 aliphatic heterocycles. The first-order valence-corrected chi connectivity index (χ1v) is 14.8. The molecule has 1 amide bonds. The maximum Gasteiger partial charge on any atom is 0.260 e. The number of hydrogen-bond acceptors (Lipinski definition) is 8. The Labute approximate surface area is 244 Å². The third-order valence-corrected chi connectivity index (χ3v) is 9.12. The van der Waals surface area contributed by atoms with E-state index in [0.29, 0.717) is 29.9 Å². The molecule has 14 heteroatoms. The number of hydrogen-bond donors (Lipinski definition) is 1. The molecule has 1 N–H and O–H groups in total. The summed E-state index contributed by atoms with van der Waals surface area (Å²) >= 11 is 13.3. The van der Waals surface area contributed by atoms with Crippen LogP contribution in [0.5, 0.6) is 0 Å². The van der Waals surface area contributed by atoms with Crippen LogP contribution in [-0.2, 0) is 20.0 Å². The van der Waals surface area contributed by atoms with Crippen LogP contribution < -0.4 is 10.2 Å². The molecule has 1 aliphatic carbocycles. The van der Waals surface area contributed by atoms with E-state index < -0.39 is 26.9 Å². The van der Waals surface area contributed by atoms with Gasteiger partial charge < -0.3 is 14.7 Å². The highest BCUT2D eigenvalue weighted by Crippen LogP contribution is 2.57. The van der Waals surface area contributed by atoms with Crippen LogP contribution in [-0.4, -0.2) is 48.8 Å². The molecule has 2 heterocycles. The van der Waals surface area contributed by atoms with Crippen LogP contribution in [0.2, 0.25) is 10.0 Å². The second kappa shape index (κ2) is 11.0. The number of halogens is 4. The fourth-order valence-electron chi connectivity index (χ4n) is 4.45. The Morgan fingerprint density at radius 1 is 1.12 bits per heavy atom. The van der Waals surface area contributed by atoms with Gasteiger partial charge in [0.2, 0.25) is 5.91 Å². The molecule has 0 atom stereocenters. The molecule has 1 aliphatic rings. The van der Waals surface area contributed by atoms with Gasteiger partial charge in [-0.15, -0.1) is 0 Å². The van der Waals surface area contributed by atoms with Crippen molar-refractivity contribution in [3.63, 3.8) is 0 Å². The van der Waals surface area contributed by atoms with Crippen LogP contribution in [0.15, 0.2) is 58.1 Å². The highest BCUT2D eigenvalue weighted by Gasteiger charge is 2.52. The van der Waals surface area contributed by atoms with Crippen molar-refractivity contribution in [2.75, 3.05) is 29.6 Å². The number of pyridine rings is 1. The lowest BCUT2D eigenvalue weighted by atomic mass is 9.94. The minimum Gasteiger partial charge on any atom is -0.350 e. The molecule has 214 valence electrons. The van der Waals surface area contributed by atoms with Gasteiger partial charge in [-0.25, -0.2) is 22.2 Å². The Morgan fingerprint density at radius 2 is 1.83 bits per heavy atom. The first-order chi connectivity index (χ1) is 19.4. The monoisotopic (exact) mass is 621 g/mol. The van der Waals surface area contributed by atoms with Gasteiger partial charge in [0.25, 0.3) is 5.89 Å². The van der Waals surface area contributed by atoms with E-state index in [1.54, 1.807) is 31.0 Å². The first kappa shape index (κ1) is 28.9. The van der Waals surface area contributed by atoms with Gasteiger partial charge in [0.1, 0.15) is 17.5 Å². The van der Waals surface area contributed by atoms with Crippen molar-refractivity contribution in [2.45, 2.75) is 30.1 Å². The molecule has 2 aromatic heterocycles. The van der Waals surface area contributed by atoms with Gasteiger partial charge in [-0.2, -0.15) is 4.98 Å². The lowest BCUT2D eigenvalue weighted by Gasteiger charge is -2.19. The van der Waals surface area contributed by atoms with Gasteiger partial charge in [0, 0.05) is 40.6 Å². The van der Waals surface area contributed by atoms with Gasteiger partial charge >= 0.3 is 0 Å². The van der Waals surface area contributed by atoms with Crippen molar-refractivity contribution in [1.82, 2.24) is 15.1 Å². The van der Waals surface area contributed by atoms with Gasteiger partial charge in [-0.1, -0.05) is 35.3 Å². The van der Waals surface area contributed by atoms with Crippen molar-refractivity contribution < 1.29 is 26.5 Å². The quantitative estimate of drug-likeness (QED) is 0.254. The first-order valence-electron chi connectivity index (χ1n) is 12.4. The summed E-state index contributed by atoms with van der Waals surface area (Å²) in [5, 5.41) is 7.32. The summed E-state index contributed by atoms with van der Waals surface area (Å²) < 4.78 is 56.8. The van der Waals surface area contributed by atoms with Crippen LogP contribution in [0.3, 0.4) is 0 Å². The molecule has 0 spiro atoms. The Hall–Kier alpha value is -3.61. The van der Waals surface area contributed by atoms with E-state index in [4.69, 9.17) is 27.7 Å². The number of amides is 1. The predicted molar refractivity (Wildman–Crippen MR) is 150 cm³/mol. The predicted octanol–water partition coefficient (Wildman–Crippen LogP) is 5.67. The molecule has 0 saturated heterocycles. The standard InChI is InChI=1S/C27H23Cl2F2N5O4S/c1-3-41(38,39)17-5-7-22(32-13-17)36(2)14-23(37)33-16-11-19(28)24(20(29)12-16)27(8-9-27)26-34-25(40-35-26)18-6-4-15(30)10-21(18)31/h4-7,10-13H,3,8-9,14H2,1-2H3,(H,33,37). The molecular weight excluding hydrogens is 599 g/mol. The fourth-order valence-corrected chi connectivity index (χ4v) is 6.12. The summed E-state index contributed by atoms with van der Waals surface area (Å²) in [6, 6.07) is 9.15. The number of nitrogens with one attached hydrogen (secondary N) is 1. The zero-order valence-electron chi connectivity index (χ0n) is 21.8. The number of likely N-dealkylation sites (N-methyl/N-ethyl adjacent to an activating group) is 1. The Balaban J connectivity index is 1.30. The molecule has 5 rings (SSSR count). The molecule has 0 bridgehead atoms. The van der Waals surface area contributed by atoms with E-state index in [9.17, 15) is 22.0 Å². The summed E-state index contributed by atoms with van der Waals surface area (Å²) in [6.45, 7) is 1.47. The second-order valence-corrected chi connectivity index (χ2v) is 12.7. The number of nitrogens with zero attached hydrogens (tertiary/aromatic N) is 4. The highest BCUT2D eigenvalue weighted by molar-refractivity contribution is 7.91. The van der Waals surface area contributed by atoms with Crippen molar-refractivity contribution in [3.8, 4) is 11.5 Å². The fraction of sp³-hybridized carbons (Fsp3) is 0.259. The number of carbonyl (C=O) groups is 1. The van der Waals surface area contributed by atoms with Crippen LogP contribution >= 0.6 is 23.2 Å². The number of benzene rings is 2. The zero-order chi connectivity index (χ0) is 29.5. The third-order valence-electron chi connectivity index (χ3n) is 6.80. The molecule has 4 aromatic rings. The molecule has 1 saturated carbocycles. The van der Waals surface area contributed by atoms with Crippen LogP contribution in [0.1, 0.15) is 31.2 Å². The molecule has 1 fully saturated rings. The van der Waals surface area contributed by atoms with Gasteiger partial charge in [0.15, 0.2) is 15.7 Å². The minimum absolute atomic E-state index is 0.0293. The number of anilines is 2. The summed E-state index contributed by atoms with van der Waals surface area (Å²) in [5.41, 5.74) is 0.128. The molecular formula is C27H23Cl2F2N5O4S. The number of rotatable bonds is 9. The summed E-state index contributed by atoms with van der Waals surface area (Å²) in [6.07, 6.45) is 2.48. The highest BCUT2D eigenvalue weighted by atomic mass is 35.5. The molecule has 9 nitrogen and oxygen atoms in total. The van der Waals surface area contributed by atoms with E-state index in [1.165, 1.54) is 24.4 Å². The second-order valence-electron chi connectivity index (χ2n) is 9.60. The Kier molecular flexibility index (Phi) is 7.75. The zero-order valence-corrected chi connectivity index (χ0v) is 24.1.